The van der Waals surface area contributed by atoms with E-state index >= 15 is 0 Å². The Kier molecular flexibility index (Phi) is 3.97. The third kappa shape index (κ3) is 2.81. The van der Waals surface area contributed by atoms with Crippen molar-refractivity contribution >= 4 is 11.0 Å². The van der Waals surface area contributed by atoms with Crippen LogP contribution in [0.4, 0.5) is 0 Å². The van der Waals surface area contributed by atoms with Gasteiger partial charge in [-0.2, -0.15) is 0 Å². The monoisotopic (exact) mass is 280 g/mol. The normalized spacial score (nSPS) is 12.7. The molecule has 0 aliphatic heterocycles. The second-order valence-corrected chi connectivity index (χ2v) is 5.15. The van der Waals surface area contributed by atoms with Gasteiger partial charge in [-0.15, -0.1) is 0 Å². The van der Waals surface area contributed by atoms with Gasteiger partial charge in [-0.05, 0) is 37.6 Å². The minimum absolute atomic E-state index is 0.254. The highest BCUT2D eigenvalue weighted by atomic mass is 15.1. The molecule has 1 atom stereocenters. The van der Waals surface area contributed by atoms with Gasteiger partial charge < -0.3 is 9.88 Å². The Balaban J connectivity index is 1.79. The average molecular weight is 280 g/mol. The van der Waals surface area contributed by atoms with E-state index in [2.05, 4.69) is 53.0 Å². The number of para-hydroxylation sites is 2. The first-order valence-corrected chi connectivity index (χ1v) is 7.37. The van der Waals surface area contributed by atoms with Gasteiger partial charge in [0.15, 0.2) is 0 Å². The Morgan fingerprint density at radius 3 is 2.81 bits per heavy atom. The van der Waals surface area contributed by atoms with Crippen molar-refractivity contribution in [2.75, 3.05) is 0 Å². The van der Waals surface area contributed by atoms with Gasteiger partial charge in [-0.25, -0.2) is 4.98 Å². The molecule has 1 N–H and O–H groups in total. The summed E-state index contributed by atoms with van der Waals surface area (Å²) in [7, 11) is 0. The van der Waals surface area contributed by atoms with Gasteiger partial charge in [0.2, 0.25) is 0 Å². The van der Waals surface area contributed by atoms with Crippen molar-refractivity contribution in [1.82, 2.24) is 19.9 Å². The van der Waals surface area contributed by atoms with Gasteiger partial charge in [-0.3, -0.25) is 4.98 Å². The maximum Gasteiger partial charge on any atom is 0.123 e. The van der Waals surface area contributed by atoms with Crippen LogP contribution >= 0.6 is 0 Å². The highest BCUT2D eigenvalue weighted by Crippen LogP contribution is 2.17. The average Bonchev–Trinajstić information content (AvgIpc) is 2.91. The number of nitrogens with zero attached hydrogens (tertiary/aromatic N) is 3. The summed E-state index contributed by atoms with van der Waals surface area (Å²) in [5.41, 5.74) is 3.45. The largest absolute Gasteiger partial charge is 0.327 e. The first kappa shape index (κ1) is 13.8. The number of aryl methyl sites for hydroxylation is 1. The van der Waals surface area contributed by atoms with Crippen molar-refractivity contribution in [2.45, 2.75) is 33.0 Å². The molecule has 21 heavy (non-hydrogen) atoms. The summed E-state index contributed by atoms with van der Waals surface area (Å²) in [6.07, 6.45) is 3.70. The zero-order valence-corrected chi connectivity index (χ0v) is 12.5. The fraction of sp³-hybridized carbons (Fsp3) is 0.294. The zero-order chi connectivity index (χ0) is 14.7. The number of hydrogen-bond acceptors (Lipinski definition) is 3. The minimum atomic E-state index is 0.254. The quantitative estimate of drug-likeness (QED) is 0.779. The van der Waals surface area contributed by atoms with Crippen LogP contribution in [0.2, 0.25) is 0 Å². The van der Waals surface area contributed by atoms with Crippen LogP contribution in [0.25, 0.3) is 11.0 Å². The Morgan fingerprint density at radius 2 is 2.05 bits per heavy atom. The van der Waals surface area contributed by atoms with Crippen LogP contribution in [0.5, 0.6) is 0 Å². The van der Waals surface area contributed by atoms with Crippen LogP contribution in [0.1, 0.15) is 31.3 Å². The summed E-state index contributed by atoms with van der Waals surface area (Å²) in [4.78, 5) is 8.90. The van der Waals surface area contributed by atoms with Crippen LogP contribution in [-0.2, 0) is 13.1 Å². The molecular formula is C17H20N4. The van der Waals surface area contributed by atoms with Crippen LogP contribution in [0, 0.1) is 0 Å². The van der Waals surface area contributed by atoms with Crippen molar-refractivity contribution in [1.29, 1.82) is 0 Å². The predicted molar refractivity (Wildman–Crippen MR) is 84.9 cm³/mol. The van der Waals surface area contributed by atoms with E-state index in [0.717, 1.165) is 24.4 Å². The first-order valence-electron chi connectivity index (χ1n) is 7.37. The smallest absolute Gasteiger partial charge is 0.123 e. The summed E-state index contributed by atoms with van der Waals surface area (Å²) >= 11 is 0. The van der Waals surface area contributed by atoms with E-state index < -0.39 is 0 Å². The molecule has 0 radical (unpaired) electrons. The number of aromatic nitrogens is 3. The molecule has 0 bridgehead atoms. The van der Waals surface area contributed by atoms with Crippen molar-refractivity contribution in [3.05, 3.63) is 60.2 Å². The molecule has 3 rings (SSSR count). The van der Waals surface area contributed by atoms with Crippen LogP contribution < -0.4 is 5.32 Å². The summed E-state index contributed by atoms with van der Waals surface area (Å²) in [5, 5.41) is 3.53. The van der Waals surface area contributed by atoms with Gasteiger partial charge in [-0.1, -0.05) is 18.2 Å². The van der Waals surface area contributed by atoms with E-state index in [9.17, 15) is 0 Å². The minimum Gasteiger partial charge on any atom is -0.327 e. The Morgan fingerprint density at radius 1 is 1.19 bits per heavy atom. The molecule has 0 aliphatic rings. The molecule has 3 aromatic rings. The second-order valence-electron chi connectivity index (χ2n) is 5.15. The van der Waals surface area contributed by atoms with Crippen molar-refractivity contribution in [3.8, 4) is 0 Å². The van der Waals surface area contributed by atoms with Crippen molar-refractivity contribution < 1.29 is 0 Å². The van der Waals surface area contributed by atoms with Crippen molar-refractivity contribution in [2.24, 2.45) is 0 Å². The molecule has 1 aromatic carbocycles. The molecule has 4 heteroatoms. The van der Waals surface area contributed by atoms with E-state index in [1.165, 1.54) is 11.1 Å². The van der Waals surface area contributed by atoms with Gasteiger partial charge >= 0.3 is 0 Å². The number of imidazole rings is 1. The first-order chi connectivity index (χ1) is 10.3. The Bertz CT molecular complexity index is 718. The summed E-state index contributed by atoms with van der Waals surface area (Å²) in [6, 6.07) is 12.6. The predicted octanol–water partition coefficient (Wildman–Crippen LogP) is 3.30. The standard InChI is InChI=1S/C17H20N4/c1-3-21-16-9-5-4-8-15(16)20-17(21)12-19-13(2)14-7-6-10-18-11-14/h4-11,13,19H,3,12H2,1-2H3/t13-/m0/s1. The molecule has 0 spiro atoms. The fourth-order valence-electron chi connectivity index (χ4n) is 2.61. The van der Waals surface area contributed by atoms with Gasteiger partial charge in [0.1, 0.15) is 5.82 Å². The fourth-order valence-corrected chi connectivity index (χ4v) is 2.61. The van der Waals surface area contributed by atoms with E-state index in [0.29, 0.717) is 0 Å². The Hall–Kier alpha value is -2.20. The van der Waals surface area contributed by atoms with Gasteiger partial charge in [0, 0.05) is 25.0 Å². The van der Waals surface area contributed by atoms with Crippen molar-refractivity contribution in [3.63, 3.8) is 0 Å². The van der Waals surface area contributed by atoms with E-state index in [-0.39, 0.29) is 6.04 Å². The number of pyridine rings is 1. The van der Waals surface area contributed by atoms with E-state index in [1.54, 1.807) is 6.20 Å². The molecule has 2 aromatic heterocycles. The van der Waals surface area contributed by atoms with E-state index in [4.69, 9.17) is 4.98 Å². The molecule has 0 aliphatic carbocycles. The summed E-state index contributed by atoms with van der Waals surface area (Å²) in [5.74, 6) is 1.08. The molecule has 0 amide bonds. The lowest BCUT2D eigenvalue weighted by Gasteiger charge is -2.14. The highest BCUT2D eigenvalue weighted by Gasteiger charge is 2.10. The molecule has 0 saturated heterocycles. The van der Waals surface area contributed by atoms with E-state index in [1.807, 2.05) is 18.3 Å². The zero-order valence-electron chi connectivity index (χ0n) is 12.5. The summed E-state index contributed by atoms with van der Waals surface area (Å²) in [6.45, 7) is 5.98. The number of fused-ring (bicyclic) bond motifs is 1. The maximum absolute atomic E-state index is 4.73. The highest BCUT2D eigenvalue weighted by molar-refractivity contribution is 5.75. The number of nitrogens with one attached hydrogen (secondary N) is 1. The molecule has 0 saturated carbocycles. The molecule has 4 nitrogen and oxygen atoms in total. The maximum atomic E-state index is 4.73. The molecule has 2 heterocycles. The lowest BCUT2D eigenvalue weighted by Crippen LogP contribution is -2.20. The SMILES string of the molecule is CCn1c(CN[C@@H](C)c2cccnc2)nc2ccccc21. The Labute approximate surface area is 124 Å². The van der Waals surface area contributed by atoms with Crippen LogP contribution in [-0.4, -0.2) is 14.5 Å². The van der Waals surface area contributed by atoms with Crippen LogP contribution in [0.3, 0.4) is 0 Å². The number of hydrogen-bond donors (Lipinski definition) is 1. The molecular weight excluding hydrogens is 260 g/mol. The van der Waals surface area contributed by atoms with Crippen LogP contribution in [0.15, 0.2) is 48.8 Å². The number of rotatable bonds is 5. The lowest BCUT2D eigenvalue weighted by atomic mass is 10.1. The topological polar surface area (TPSA) is 42.7 Å². The van der Waals surface area contributed by atoms with Gasteiger partial charge in [0.25, 0.3) is 0 Å². The third-order valence-electron chi connectivity index (χ3n) is 3.80. The lowest BCUT2D eigenvalue weighted by molar-refractivity contribution is 0.542. The molecule has 0 unspecified atom stereocenters. The molecule has 108 valence electrons. The van der Waals surface area contributed by atoms with Gasteiger partial charge in [0.05, 0.1) is 17.6 Å². The third-order valence-corrected chi connectivity index (χ3v) is 3.80. The second kappa shape index (κ2) is 6.06. The number of benzene rings is 1. The molecule has 0 fully saturated rings. The summed E-state index contributed by atoms with van der Waals surface area (Å²) < 4.78 is 2.26.